The number of benzene rings is 2. The van der Waals surface area contributed by atoms with Crippen LogP contribution in [0.25, 0.3) is 0 Å². The van der Waals surface area contributed by atoms with Crippen molar-refractivity contribution in [3.05, 3.63) is 76.9 Å². The van der Waals surface area contributed by atoms with Gasteiger partial charge in [0.1, 0.15) is 18.2 Å². The fraction of sp³-hybridized carbons (Fsp3) is 0.320. The Morgan fingerprint density at radius 3 is 2.09 bits per heavy atom. The van der Waals surface area contributed by atoms with Crippen LogP contribution in [0.3, 0.4) is 0 Å². The number of hydrogen-bond acceptors (Lipinski definition) is 9. The molecule has 1 heterocycles. The molecular weight excluding hydrogens is 434 g/mol. The first kappa shape index (κ1) is 24.9. The van der Waals surface area contributed by atoms with Crippen LogP contribution in [0.5, 0.6) is 0 Å². The molecule has 0 saturated heterocycles. The van der Waals surface area contributed by atoms with Crippen LogP contribution in [-0.2, 0) is 27.2 Å². The molecule has 0 saturated carbocycles. The molecule has 0 amide bonds. The first-order valence-electron chi connectivity index (χ1n) is 11.0. The summed E-state index contributed by atoms with van der Waals surface area (Å²) >= 11 is 0. The smallest absolute Gasteiger partial charge is 0.338 e. The first-order chi connectivity index (χ1) is 16.4. The predicted molar refractivity (Wildman–Crippen MR) is 131 cm³/mol. The van der Waals surface area contributed by atoms with Crippen molar-refractivity contribution in [3.8, 4) is 0 Å². The third-order valence-corrected chi connectivity index (χ3v) is 5.57. The van der Waals surface area contributed by atoms with Crippen LogP contribution in [-0.4, -0.2) is 36.4 Å². The molecule has 1 atom stereocenters. The molecule has 1 aromatic heterocycles. The first-order valence-corrected chi connectivity index (χ1v) is 11.0. The molecule has 3 aromatic rings. The van der Waals surface area contributed by atoms with Crippen molar-refractivity contribution >= 4 is 23.6 Å². The molecule has 0 fully saturated rings. The number of ether oxygens (including phenoxy) is 3. The lowest BCUT2D eigenvalue weighted by atomic mass is 9.92. The summed E-state index contributed by atoms with van der Waals surface area (Å²) in [5, 5.41) is 0. The Balaban J connectivity index is 1.60. The number of nitrogen functional groups attached to an aromatic ring is 3. The number of aromatic nitrogens is 2. The number of esters is 1. The number of hydrogen-bond donors (Lipinski definition) is 3. The standard InChI is InChI=1S/C25H31N5O4/c1-32-24(33-2)19(20-21(26)29-25(28)30-22(20)27)10-6-9-16-11-13-18(14-12-16)23(31)34-15-17-7-4-3-5-8-17/h3-5,7-8,11-14,19,24H,6,9-10,15H2,1-2H3,(H6,26,27,28,29,30). The molecule has 2 aromatic carbocycles. The minimum Gasteiger partial charge on any atom is -0.457 e. The Kier molecular flexibility index (Phi) is 8.78. The minimum absolute atomic E-state index is 0.0197. The molecule has 0 aliphatic heterocycles. The summed E-state index contributed by atoms with van der Waals surface area (Å²) in [6.07, 6.45) is 1.65. The van der Waals surface area contributed by atoms with Crippen LogP contribution in [0.4, 0.5) is 17.6 Å². The molecule has 0 aliphatic carbocycles. The molecule has 9 nitrogen and oxygen atoms in total. The Bertz CT molecular complexity index is 1050. The molecule has 1 unspecified atom stereocenters. The number of nitrogens with zero attached hydrogens (tertiary/aromatic N) is 2. The summed E-state index contributed by atoms with van der Waals surface area (Å²) in [5.41, 5.74) is 20.9. The molecule has 0 spiro atoms. The van der Waals surface area contributed by atoms with Crippen molar-refractivity contribution in [1.82, 2.24) is 9.97 Å². The van der Waals surface area contributed by atoms with Gasteiger partial charge in [-0.3, -0.25) is 0 Å². The van der Waals surface area contributed by atoms with E-state index in [-0.39, 0.29) is 36.1 Å². The van der Waals surface area contributed by atoms with Crippen LogP contribution in [0.2, 0.25) is 0 Å². The highest BCUT2D eigenvalue weighted by Crippen LogP contribution is 2.34. The van der Waals surface area contributed by atoms with Crippen LogP contribution in [0.1, 0.15) is 45.8 Å². The van der Waals surface area contributed by atoms with Crippen molar-refractivity contribution in [2.24, 2.45) is 0 Å². The maximum absolute atomic E-state index is 12.3. The van der Waals surface area contributed by atoms with E-state index in [2.05, 4.69) is 9.97 Å². The lowest BCUT2D eigenvalue weighted by Crippen LogP contribution is -2.26. The molecule has 0 bridgehead atoms. The Morgan fingerprint density at radius 1 is 0.882 bits per heavy atom. The molecule has 3 rings (SSSR count). The van der Waals surface area contributed by atoms with E-state index >= 15 is 0 Å². The minimum atomic E-state index is -0.571. The van der Waals surface area contributed by atoms with Gasteiger partial charge in [-0.25, -0.2) is 4.79 Å². The van der Waals surface area contributed by atoms with Gasteiger partial charge in [0.2, 0.25) is 5.95 Å². The summed E-state index contributed by atoms with van der Waals surface area (Å²) in [6, 6.07) is 17.0. The molecular formula is C25H31N5O4. The number of methoxy groups -OCH3 is 2. The highest BCUT2D eigenvalue weighted by molar-refractivity contribution is 5.89. The number of carbonyl (C=O) groups excluding carboxylic acids is 1. The molecule has 0 radical (unpaired) electrons. The normalized spacial score (nSPS) is 12.0. The third-order valence-electron chi connectivity index (χ3n) is 5.57. The molecule has 34 heavy (non-hydrogen) atoms. The summed E-state index contributed by atoms with van der Waals surface area (Å²) in [7, 11) is 3.11. The van der Waals surface area contributed by atoms with Gasteiger partial charge in [0.15, 0.2) is 6.29 Å². The van der Waals surface area contributed by atoms with E-state index in [9.17, 15) is 4.79 Å². The quantitative estimate of drug-likeness (QED) is 0.286. The summed E-state index contributed by atoms with van der Waals surface area (Å²) in [6.45, 7) is 0.240. The maximum atomic E-state index is 12.3. The monoisotopic (exact) mass is 465 g/mol. The topological polar surface area (TPSA) is 149 Å². The second-order valence-corrected chi connectivity index (χ2v) is 7.86. The van der Waals surface area contributed by atoms with Gasteiger partial charge in [0.25, 0.3) is 0 Å². The second kappa shape index (κ2) is 12.0. The SMILES string of the molecule is COC(OC)C(CCCc1ccc(C(=O)OCc2ccccc2)cc1)c1c(N)nc(N)nc1N. The number of anilines is 3. The fourth-order valence-electron chi connectivity index (χ4n) is 3.88. The molecule has 9 heteroatoms. The fourth-order valence-corrected chi connectivity index (χ4v) is 3.88. The van der Waals surface area contributed by atoms with Gasteiger partial charge in [-0.2, -0.15) is 9.97 Å². The van der Waals surface area contributed by atoms with Gasteiger partial charge in [-0.1, -0.05) is 42.5 Å². The third kappa shape index (κ3) is 6.43. The lowest BCUT2D eigenvalue weighted by Gasteiger charge is -2.26. The molecule has 180 valence electrons. The van der Waals surface area contributed by atoms with E-state index in [0.717, 1.165) is 24.0 Å². The molecule has 6 N–H and O–H groups in total. The summed E-state index contributed by atoms with van der Waals surface area (Å²) < 4.78 is 16.4. The van der Waals surface area contributed by atoms with E-state index < -0.39 is 6.29 Å². The zero-order valence-corrected chi connectivity index (χ0v) is 19.4. The largest absolute Gasteiger partial charge is 0.457 e. The maximum Gasteiger partial charge on any atom is 0.338 e. The Hall–Kier alpha value is -3.69. The van der Waals surface area contributed by atoms with Crippen molar-refractivity contribution in [1.29, 1.82) is 0 Å². The Morgan fingerprint density at radius 2 is 1.50 bits per heavy atom. The number of carbonyl (C=O) groups is 1. The summed E-state index contributed by atoms with van der Waals surface area (Å²) in [4.78, 5) is 20.4. The van der Waals surface area contributed by atoms with Gasteiger partial charge in [0.05, 0.1) is 5.56 Å². The van der Waals surface area contributed by atoms with E-state index in [1.807, 2.05) is 42.5 Å². The van der Waals surface area contributed by atoms with Gasteiger partial charge in [0, 0.05) is 25.7 Å². The summed E-state index contributed by atoms with van der Waals surface area (Å²) in [5.74, 6) is -0.179. The van der Waals surface area contributed by atoms with Crippen molar-refractivity contribution < 1.29 is 19.0 Å². The van der Waals surface area contributed by atoms with Gasteiger partial charge in [-0.05, 0) is 42.5 Å². The average Bonchev–Trinajstić information content (AvgIpc) is 2.83. The van der Waals surface area contributed by atoms with Gasteiger partial charge < -0.3 is 31.4 Å². The van der Waals surface area contributed by atoms with Crippen LogP contribution >= 0.6 is 0 Å². The lowest BCUT2D eigenvalue weighted by molar-refractivity contribution is -0.119. The average molecular weight is 466 g/mol. The highest BCUT2D eigenvalue weighted by atomic mass is 16.7. The van der Waals surface area contributed by atoms with Crippen LogP contribution in [0.15, 0.2) is 54.6 Å². The number of nitrogens with two attached hydrogens (primary N) is 3. The van der Waals surface area contributed by atoms with E-state index in [1.54, 1.807) is 26.4 Å². The van der Waals surface area contributed by atoms with E-state index in [1.165, 1.54) is 0 Å². The van der Waals surface area contributed by atoms with E-state index in [0.29, 0.717) is 17.5 Å². The van der Waals surface area contributed by atoms with Crippen molar-refractivity contribution in [3.63, 3.8) is 0 Å². The zero-order valence-electron chi connectivity index (χ0n) is 19.4. The van der Waals surface area contributed by atoms with Gasteiger partial charge >= 0.3 is 5.97 Å². The molecule has 0 aliphatic rings. The van der Waals surface area contributed by atoms with Crippen molar-refractivity contribution in [2.45, 2.75) is 38.1 Å². The predicted octanol–water partition coefficient (Wildman–Crippen LogP) is 3.31. The van der Waals surface area contributed by atoms with Crippen LogP contribution in [0, 0.1) is 0 Å². The number of rotatable bonds is 11. The van der Waals surface area contributed by atoms with Crippen molar-refractivity contribution in [2.75, 3.05) is 31.4 Å². The Labute approximate surface area is 199 Å². The second-order valence-electron chi connectivity index (χ2n) is 7.86. The zero-order chi connectivity index (χ0) is 24.5. The van der Waals surface area contributed by atoms with Crippen LogP contribution < -0.4 is 17.2 Å². The van der Waals surface area contributed by atoms with E-state index in [4.69, 9.17) is 31.4 Å². The number of aryl methyl sites for hydroxylation is 1. The van der Waals surface area contributed by atoms with Gasteiger partial charge in [-0.15, -0.1) is 0 Å². The highest BCUT2D eigenvalue weighted by Gasteiger charge is 2.28.